The van der Waals surface area contributed by atoms with Gasteiger partial charge in [0.05, 0.1) is 5.56 Å². The van der Waals surface area contributed by atoms with E-state index in [1.807, 2.05) is 20.8 Å². The first-order valence-electron chi connectivity index (χ1n) is 10.7. The summed E-state index contributed by atoms with van der Waals surface area (Å²) in [6, 6.07) is 2.90. The Morgan fingerprint density at radius 1 is 1.09 bits per heavy atom. The van der Waals surface area contributed by atoms with E-state index in [2.05, 4.69) is 14.7 Å². The lowest BCUT2D eigenvalue weighted by atomic mass is 9.89. The highest BCUT2D eigenvalue weighted by Crippen LogP contribution is 2.42. The molecule has 0 aliphatic carbocycles. The minimum Gasteiger partial charge on any atom is -0.441 e. The number of furan rings is 1. The first kappa shape index (κ1) is 23.8. The van der Waals surface area contributed by atoms with Gasteiger partial charge in [-0.3, -0.25) is 4.79 Å². The maximum absolute atomic E-state index is 14.5. The SMILES string of the molecule is CC(C)(C)c1oc2ncnc(Oc3c(F)cccc3OC(F)(F)F)c2c1C(=O)N1CCCCC1. The average molecular weight is 481 g/mol. The zero-order chi connectivity index (χ0) is 24.7. The lowest BCUT2D eigenvalue weighted by molar-refractivity contribution is -0.275. The fourth-order valence-corrected chi connectivity index (χ4v) is 3.86. The van der Waals surface area contributed by atoms with Crippen LogP contribution in [0.4, 0.5) is 17.6 Å². The van der Waals surface area contributed by atoms with Gasteiger partial charge < -0.3 is 18.8 Å². The monoisotopic (exact) mass is 481 g/mol. The molecule has 3 aromatic rings. The summed E-state index contributed by atoms with van der Waals surface area (Å²) in [5.74, 6) is -3.14. The molecule has 3 heterocycles. The van der Waals surface area contributed by atoms with Crippen LogP contribution in [0.15, 0.2) is 28.9 Å². The van der Waals surface area contributed by atoms with Crippen LogP contribution in [0, 0.1) is 5.82 Å². The number of likely N-dealkylation sites (tertiary alicyclic amines) is 1. The smallest absolute Gasteiger partial charge is 0.441 e. The maximum atomic E-state index is 14.5. The van der Waals surface area contributed by atoms with Gasteiger partial charge >= 0.3 is 6.36 Å². The molecule has 1 saturated heterocycles. The van der Waals surface area contributed by atoms with Crippen molar-refractivity contribution in [2.24, 2.45) is 0 Å². The molecule has 0 N–H and O–H groups in total. The zero-order valence-electron chi connectivity index (χ0n) is 18.8. The first-order valence-corrected chi connectivity index (χ1v) is 10.7. The number of piperidine rings is 1. The van der Waals surface area contributed by atoms with Crippen LogP contribution in [0.25, 0.3) is 11.1 Å². The second-order valence-electron chi connectivity index (χ2n) is 8.98. The summed E-state index contributed by atoms with van der Waals surface area (Å²) in [4.78, 5) is 23.3. The van der Waals surface area contributed by atoms with Gasteiger partial charge in [-0.1, -0.05) is 26.8 Å². The van der Waals surface area contributed by atoms with E-state index in [0.29, 0.717) is 18.8 Å². The van der Waals surface area contributed by atoms with Crippen LogP contribution >= 0.6 is 0 Å². The molecular weight excluding hydrogens is 458 g/mol. The molecule has 2 aromatic heterocycles. The number of hydrogen-bond donors (Lipinski definition) is 0. The number of nitrogens with zero attached hydrogens (tertiary/aromatic N) is 3. The molecule has 0 bridgehead atoms. The van der Waals surface area contributed by atoms with E-state index in [9.17, 15) is 22.4 Å². The molecule has 0 atom stereocenters. The largest absolute Gasteiger partial charge is 0.573 e. The van der Waals surface area contributed by atoms with Gasteiger partial charge in [-0.15, -0.1) is 13.2 Å². The second kappa shape index (κ2) is 8.77. The Bertz CT molecular complexity index is 1210. The van der Waals surface area contributed by atoms with Crippen LogP contribution in [-0.2, 0) is 5.41 Å². The number of ether oxygens (including phenoxy) is 2. The van der Waals surface area contributed by atoms with Crippen LogP contribution in [0.3, 0.4) is 0 Å². The summed E-state index contributed by atoms with van der Waals surface area (Å²) in [6.07, 6.45) is -1.31. The van der Waals surface area contributed by atoms with Crippen LogP contribution < -0.4 is 9.47 Å². The Balaban J connectivity index is 1.88. The predicted molar refractivity (Wildman–Crippen MR) is 113 cm³/mol. The molecule has 1 aliphatic rings. The van der Waals surface area contributed by atoms with Crippen molar-refractivity contribution in [3.63, 3.8) is 0 Å². The lowest BCUT2D eigenvalue weighted by Gasteiger charge is -2.28. The fraction of sp³-hybridized carbons (Fsp3) is 0.435. The van der Waals surface area contributed by atoms with Crippen LogP contribution in [0.1, 0.15) is 56.2 Å². The third-order valence-electron chi connectivity index (χ3n) is 5.35. The van der Waals surface area contributed by atoms with Crippen molar-refractivity contribution in [2.75, 3.05) is 13.1 Å². The van der Waals surface area contributed by atoms with Crippen molar-refractivity contribution >= 4 is 17.0 Å². The number of halogens is 4. The van der Waals surface area contributed by atoms with E-state index in [0.717, 1.165) is 43.8 Å². The number of fused-ring (bicyclic) bond motifs is 1. The molecule has 7 nitrogen and oxygen atoms in total. The molecule has 1 aromatic carbocycles. The van der Waals surface area contributed by atoms with Gasteiger partial charge in [0, 0.05) is 18.5 Å². The van der Waals surface area contributed by atoms with Gasteiger partial charge in [-0.2, -0.15) is 0 Å². The summed E-state index contributed by atoms with van der Waals surface area (Å²) in [5, 5.41) is 0.0595. The molecule has 1 amide bonds. The summed E-state index contributed by atoms with van der Waals surface area (Å²) in [5.41, 5.74) is -0.471. The van der Waals surface area contributed by atoms with Crippen molar-refractivity contribution in [1.82, 2.24) is 14.9 Å². The van der Waals surface area contributed by atoms with E-state index in [-0.39, 0.29) is 28.5 Å². The summed E-state index contributed by atoms with van der Waals surface area (Å²) in [7, 11) is 0. The molecule has 182 valence electrons. The highest BCUT2D eigenvalue weighted by molar-refractivity contribution is 6.08. The van der Waals surface area contributed by atoms with Gasteiger partial charge in [0.15, 0.2) is 11.6 Å². The lowest BCUT2D eigenvalue weighted by Crippen LogP contribution is -2.36. The molecular formula is C23H23F4N3O4. The summed E-state index contributed by atoms with van der Waals surface area (Å²) < 4.78 is 68.5. The van der Waals surface area contributed by atoms with Crippen molar-refractivity contribution < 1.29 is 36.2 Å². The van der Waals surface area contributed by atoms with E-state index >= 15 is 0 Å². The minimum atomic E-state index is -5.07. The Morgan fingerprint density at radius 2 is 1.79 bits per heavy atom. The van der Waals surface area contributed by atoms with Gasteiger partial charge in [0.25, 0.3) is 5.91 Å². The highest BCUT2D eigenvalue weighted by Gasteiger charge is 2.36. The normalized spacial score (nSPS) is 15.0. The Labute approximate surface area is 192 Å². The Kier molecular flexibility index (Phi) is 6.13. The van der Waals surface area contributed by atoms with Crippen LogP contribution in [-0.4, -0.2) is 40.2 Å². The number of carbonyl (C=O) groups is 1. The number of para-hydroxylation sites is 1. The molecule has 11 heteroatoms. The van der Waals surface area contributed by atoms with Crippen LogP contribution in [0.2, 0.25) is 0 Å². The number of carbonyl (C=O) groups excluding carboxylic acids is 1. The second-order valence-corrected chi connectivity index (χ2v) is 8.98. The number of benzene rings is 1. The zero-order valence-corrected chi connectivity index (χ0v) is 18.8. The van der Waals surface area contributed by atoms with E-state index in [1.165, 1.54) is 0 Å². The number of alkyl halides is 3. The average Bonchev–Trinajstić information content (AvgIpc) is 3.16. The van der Waals surface area contributed by atoms with Crippen molar-refractivity contribution in [3.05, 3.63) is 41.7 Å². The van der Waals surface area contributed by atoms with Crippen molar-refractivity contribution in [2.45, 2.75) is 51.8 Å². The maximum Gasteiger partial charge on any atom is 0.573 e. The van der Waals surface area contributed by atoms with Crippen molar-refractivity contribution in [1.29, 1.82) is 0 Å². The number of hydrogen-bond acceptors (Lipinski definition) is 6. The third-order valence-corrected chi connectivity index (χ3v) is 5.35. The predicted octanol–water partition coefficient (Wildman–Crippen LogP) is 5.98. The Morgan fingerprint density at radius 3 is 2.44 bits per heavy atom. The number of aromatic nitrogens is 2. The van der Waals surface area contributed by atoms with Gasteiger partial charge in [-0.25, -0.2) is 14.4 Å². The van der Waals surface area contributed by atoms with E-state index in [4.69, 9.17) is 9.15 Å². The minimum absolute atomic E-state index is 0.00455. The molecule has 4 rings (SSSR count). The molecule has 0 saturated carbocycles. The van der Waals surface area contributed by atoms with Crippen molar-refractivity contribution in [3.8, 4) is 17.4 Å². The summed E-state index contributed by atoms with van der Waals surface area (Å²) >= 11 is 0. The van der Waals surface area contributed by atoms with Gasteiger partial charge in [0.2, 0.25) is 17.3 Å². The van der Waals surface area contributed by atoms with Gasteiger partial charge in [0.1, 0.15) is 17.5 Å². The standard InChI is InChI=1S/C23H23F4N3O4/c1-22(2,3)18-15(21(31)30-10-5-4-6-11-30)16-19(28-12-29-20(16)33-18)32-17-13(24)8-7-9-14(17)34-23(25,26)27/h7-9,12H,4-6,10-11H2,1-3H3. The topological polar surface area (TPSA) is 77.7 Å². The fourth-order valence-electron chi connectivity index (χ4n) is 3.86. The van der Waals surface area contributed by atoms with Crippen LogP contribution in [0.5, 0.6) is 17.4 Å². The molecule has 34 heavy (non-hydrogen) atoms. The first-order chi connectivity index (χ1) is 16.0. The van der Waals surface area contributed by atoms with E-state index < -0.39 is 29.1 Å². The highest BCUT2D eigenvalue weighted by atomic mass is 19.4. The molecule has 0 spiro atoms. The van der Waals surface area contributed by atoms with E-state index in [1.54, 1.807) is 4.90 Å². The third kappa shape index (κ3) is 4.78. The Hall–Kier alpha value is -3.37. The molecule has 0 radical (unpaired) electrons. The molecule has 1 fully saturated rings. The number of amides is 1. The molecule has 1 aliphatic heterocycles. The van der Waals surface area contributed by atoms with Gasteiger partial charge in [-0.05, 0) is 31.4 Å². The number of rotatable bonds is 4. The quantitative estimate of drug-likeness (QED) is 0.427. The molecule has 0 unspecified atom stereocenters. The summed E-state index contributed by atoms with van der Waals surface area (Å²) in [6.45, 7) is 6.64.